The van der Waals surface area contributed by atoms with Crippen molar-refractivity contribution in [3.63, 3.8) is 0 Å². The molecule has 1 amide bonds. The normalized spacial score (nSPS) is 9.73. The van der Waals surface area contributed by atoms with Gasteiger partial charge in [0.15, 0.2) is 6.61 Å². The smallest absolute Gasteiger partial charge is 0.255 e. The highest BCUT2D eigenvalue weighted by atomic mass is 35.5. The van der Waals surface area contributed by atoms with Crippen LogP contribution in [0.15, 0.2) is 12.1 Å². The number of rotatable bonds is 4. The summed E-state index contributed by atoms with van der Waals surface area (Å²) in [5.41, 5.74) is 10.9. The summed E-state index contributed by atoms with van der Waals surface area (Å²) in [7, 11) is 1.47. The van der Waals surface area contributed by atoms with Crippen LogP contribution in [0.4, 0.5) is 5.69 Å². The molecule has 0 bridgehead atoms. The van der Waals surface area contributed by atoms with Crippen LogP contribution in [0.3, 0.4) is 0 Å². The van der Waals surface area contributed by atoms with E-state index >= 15 is 0 Å². The summed E-state index contributed by atoms with van der Waals surface area (Å²) in [5, 5.41) is 0.301. The minimum Gasteiger partial charge on any atom is -0.494 e. The second-order valence-corrected chi connectivity index (χ2v) is 3.19. The van der Waals surface area contributed by atoms with Gasteiger partial charge in [-0.05, 0) is 6.07 Å². The molecule has 6 heteroatoms. The van der Waals surface area contributed by atoms with Crippen molar-refractivity contribution in [1.29, 1.82) is 0 Å². The zero-order valence-corrected chi connectivity index (χ0v) is 8.88. The van der Waals surface area contributed by atoms with E-state index in [1.807, 2.05) is 0 Å². The predicted molar refractivity (Wildman–Crippen MR) is 57.1 cm³/mol. The number of amides is 1. The first-order valence-corrected chi connectivity index (χ1v) is 4.46. The SMILES string of the molecule is COc1cc(OCC(N)=O)c(Cl)cc1N. The van der Waals surface area contributed by atoms with E-state index in [4.69, 9.17) is 32.5 Å². The zero-order chi connectivity index (χ0) is 11.4. The van der Waals surface area contributed by atoms with Gasteiger partial charge in [-0.15, -0.1) is 0 Å². The lowest BCUT2D eigenvalue weighted by atomic mass is 10.3. The fourth-order valence-corrected chi connectivity index (χ4v) is 1.21. The summed E-state index contributed by atoms with van der Waals surface area (Å²) in [4.78, 5) is 10.5. The number of nitrogens with two attached hydrogens (primary N) is 2. The number of ether oxygens (including phenoxy) is 2. The highest BCUT2D eigenvalue weighted by Gasteiger charge is 2.08. The molecule has 1 aromatic carbocycles. The van der Waals surface area contributed by atoms with Gasteiger partial charge in [0.2, 0.25) is 0 Å². The van der Waals surface area contributed by atoms with Gasteiger partial charge in [-0.25, -0.2) is 0 Å². The molecule has 1 rings (SSSR count). The number of benzene rings is 1. The molecule has 1 aromatic rings. The van der Waals surface area contributed by atoms with Gasteiger partial charge < -0.3 is 20.9 Å². The number of hydrogen-bond acceptors (Lipinski definition) is 4. The lowest BCUT2D eigenvalue weighted by Crippen LogP contribution is -2.20. The van der Waals surface area contributed by atoms with Crippen LogP contribution < -0.4 is 20.9 Å². The number of carbonyl (C=O) groups excluding carboxylic acids is 1. The highest BCUT2D eigenvalue weighted by molar-refractivity contribution is 6.32. The van der Waals surface area contributed by atoms with Gasteiger partial charge in [-0.2, -0.15) is 0 Å². The van der Waals surface area contributed by atoms with Crippen molar-refractivity contribution in [3.05, 3.63) is 17.2 Å². The molecule has 0 unspecified atom stereocenters. The maximum Gasteiger partial charge on any atom is 0.255 e. The van der Waals surface area contributed by atoms with E-state index in [0.29, 0.717) is 22.2 Å². The molecule has 0 aliphatic heterocycles. The average molecular weight is 231 g/mol. The molecule has 0 aliphatic carbocycles. The van der Waals surface area contributed by atoms with Gasteiger partial charge in [0.25, 0.3) is 5.91 Å². The Hall–Kier alpha value is -1.62. The van der Waals surface area contributed by atoms with Crippen LogP contribution in [0.5, 0.6) is 11.5 Å². The van der Waals surface area contributed by atoms with Gasteiger partial charge in [-0.1, -0.05) is 11.6 Å². The molecule has 4 N–H and O–H groups in total. The minimum atomic E-state index is -0.582. The van der Waals surface area contributed by atoms with E-state index < -0.39 is 5.91 Å². The fourth-order valence-electron chi connectivity index (χ4n) is 0.986. The Morgan fingerprint density at radius 1 is 1.47 bits per heavy atom. The molecule has 0 aliphatic rings. The van der Waals surface area contributed by atoms with Gasteiger partial charge in [-0.3, -0.25) is 4.79 Å². The molecule has 0 heterocycles. The van der Waals surface area contributed by atoms with Crippen LogP contribution in [0.1, 0.15) is 0 Å². The maximum absolute atomic E-state index is 10.5. The van der Waals surface area contributed by atoms with Gasteiger partial charge in [0.05, 0.1) is 17.8 Å². The molecule has 0 fully saturated rings. The van der Waals surface area contributed by atoms with Crippen molar-refractivity contribution in [2.45, 2.75) is 0 Å². The van der Waals surface area contributed by atoms with Gasteiger partial charge in [0.1, 0.15) is 11.5 Å². The third-order valence-electron chi connectivity index (χ3n) is 1.65. The van der Waals surface area contributed by atoms with E-state index in [-0.39, 0.29) is 6.61 Å². The van der Waals surface area contributed by atoms with Crippen LogP contribution in [0.2, 0.25) is 5.02 Å². The van der Waals surface area contributed by atoms with Crippen LogP contribution in [0.25, 0.3) is 0 Å². The van der Waals surface area contributed by atoms with Crippen molar-refractivity contribution in [2.75, 3.05) is 19.5 Å². The lowest BCUT2D eigenvalue weighted by molar-refractivity contribution is -0.119. The van der Waals surface area contributed by atoms with Crippen LogP contribution in [-0.2, 0) is 4.79 Å². The first-order valence-electron chi connectivity index (χ1n) is 4.08. The summed E-state index contributed by atoms with van der Waals surface area (Å²) >= 11 is 5.83. The van der Waals surface area contributed by atoms with Crippen molar-refractivity contribution in [1.82, 2.24) is 0 Å². The zero-order valence-electron chi connectivity index (χ0n) is 8.12. The number of anilines is 1. The van der Waals surface area contributed by atoms with Crippen molar-refractivity contribution >= 4 is 23.2 Å². The highest BCUT2D eigenvalue weighted by Crippen LogP contribution is 2.34. The van der Waals surface area contributed by atoms with E-state index in [2.05, 4.69) is 0 Å². The summed E-state index contributed by atoms with van der Waals surface area (Å²) in [6.45, 7) is -0.243. The molecule has 0 spiro atoms. The minimum absolute atomic E-state index is 0.243. The number of methoxy groups -OCH3 is 1. The fraction of sp³-hybridized carbons (Fsp3) is 0.222. The Morgan fingerprint density at radius 2 is 2.13 bits per heavy atom. The second-order valence-electron chi connectivity index (χ2n) is 2.78. The number of primary amides is 1. The summed E-state index contributed by atoms with van der Waals surface area (Å²) in [6.07, 6.45) is 0. The molecule has 15 heavy (non-hydrogen) atoms. The Kier molecular flexibility index (Phi) is 3.62. The van der Waals surface area contributed by atoms with Crippen molar-refractivity contribution in [2.24, 2.45) is 5.73 Å². The number of halogens is 1. The number of carbonyl (C=O) groups is 1. The number of nitrogen functional groups attached to an aromatic ring is 1. The first-order chi connectivity index (χ1) is 7.04. The molecule has 0 radical (unpaired) electrons. The standard InChI is InChI=1S/C9H11ClN2O3/c1-14-8-3-7(15-4-9(12)13)5(10)2-6(8)11/h2-3H,4,11H2,1H3,(H2,12,13). The second kappa shape index (κ2) is 4.75. The summed E-state index contributed by atoms with van der Waals surface area (Å²) < 4.78 is 10.0. The Balaban J connectivity index is 2.92. The Morgan fingerprint density at radius 3 is 2.67 bits per heavy atom. The number of hydrogen-bond donors (Lipinski definition) is 2. The van der Waals surface area contributed by atoms with E-state index in [1.54, 1.807) is 0 Å². The molecule has 5 nitrogen and oxygen atoms in total. The average Bonchev–Trinajstić information content (AvgIpc) is 2.16. The van der Waals surface area contributed by atoms with E-state index in [1.165, 1.54) is 19.2 Å². The largest absolute Gasteiger partial charge is 0.494 e. The van der Waals surface area contributed by atoms with Gasteiger partial charge in [0, 0.05) is 6.07 Å². The quantitative estimate of drug-likeness (QED) is 0.749. The predicted octanol–water partition coefficient (Wildman–Crippen LogP) is 0.795. The Labute approximate surface area is 91.9 Å². The van der Waals surface area contributed by atoms with Gasteiger partial charge >= 0.3 is 0 Å². The summed E-state index contributed by atoms with van der Waals surface area (Å²) in [6, 6.07) is 2.98. The van der Waals surface area contributed by atoms with E-state index in [9.17, 15) is 4.79 Å². The third-order valence-corrected chi connectivity index (χ3v) is 1.95. The molecule has 0 saturated carbocycles. The van der Waals surface area contributed by atoms with Crippen molar-refractivity contribution < 1.29 is 14.3 Å². The van der Waals surface area contributed by atoms with Crippen molar-refractivity contribution in [3.8, 4) is 11.5 Å². The maximum atomic E-state index is 10.5. The van der Waals surface area contributed by atoms with Crippen LogP contribution >= 0.6 is 11.6 Å². The molecular formula is C9H11ClN2O3. The Bertz CT molecular complexity index is 382. The van der Waals surface area contributed by atoms with Crippen LogP contribution in [0, 0.1) is 0 Å². The molecular weight excluding hydrogens is 220 g/mol. The molecule has 0 aromatic heterocycles. The molecule has 82 valence electrons. The third kappa shape index (κ3) is 2.92. The van der Waals surface area contributed by atoms with E-state index in [0.717, 1.165) is 0 Å². The summed E-state index contributed by atoms with van der Waals surface area (Å²) in [5.74, 6) is 0.155. The monoisotopic (exact) mass is 230 g/mol. The lowest BCUT2D eigenvalue weighted by Gasteiger charge is -2.10. The molecule has 0 saturated heterocycles. The topological polar surface area (TPSA) is 87.6 Å². The van der Waals surface area contributed by atoms with Crippen LogP contribution in [-0.4, -0.2) is 19.6 Å². The first kappa shape index (κ1) is 11.5. The molecule has 0 atom stereocenters.